The summed E-state index contributed by atoms with van der Waals surface area (Å²) in [6.07, 6.45) is 0. The number of nitrogens with zero attached hydrogens (tertiary/aromatic N) is 2. The van der Waals surface area contributed by atoms with E-state index in [1.807, 2.05) is 13.0 Å². The second-order valence-electron chi connectivity index (χ2n) is 5.06. The van der Waals surface area contributed by atoms with Gasteiger partial charge in [0.1, 0.15) is 11.6 Å². The fraction of sp³-hybridized carbons (Fsp3) is 0.400. The molecule has 20 heavy (non-hydrogen) atoms. The van der Waals surface area contributed by atoms with Crippen LogP contribution < -0.4 is 5.32 Å². The summed E-state index contributed by atoms with van der Waals surface area (Å²) in [5.74, 6) is 1.02. The van der Waals surface area contributed by atoms with Crippen molar-refractivity contribution in [3.05, 3.63) is 41.5 Å². The van der Waals surface area contributed by atoms with Gasteiger partial charge in [-0.3, -0.25) is 4.90 Å². The molecule has 0 radical (unpaired) electrons. The van der Waals surface area contributed by atoms with Crippen molar-refractivity contribution in [3.8, 4) is 11.5 Å². The van der Waals surface area contributed by atoms with Gasteiger partial charge in [-0.05, 0) is 25.1 Å². The predicted molar refractivity (Wildman–Crippen MR) is 74.8 cm³/mol. The molecule has 0 spiro atoms. The lowest BCUT2D eigenvalue weighted by Crippen LogP contribution is -2.43. The third-order valence-electron chi connectivity index (χ3n) is 3.55. The fourth-order valence-corrected chi connectivity index (χ4v) is 2.40. The van der Waals surface area contributed by atoms with Crippen LogP contribution >= 0.6 is 0 Å². The van der Waals surface area contributed by atoms with Crippen LogP contribution in [0.25, 0.3) is 11.5 Å². The summed E-state index contributed by atoms with van der Waals surface area (Å²) in [5, 5.41) is 3.33. The largest absolute Gasteiger partial charge is 0.441 e. The van der Waals surface area contributed by atoms with Gasteiger partial charge in [-0.25, -0.2) is 9.37 Å². The van der Waals surface area contributed by atoms with Crippen LogP contribution in [0.4, 0.5) is 4.39 Å². The van der Waals surface area contributed by atoms with Crippen molar-refractivity contribution in [2.24, 2.45) is 0 Å². The van der Waals surface area contributed by atoms with E-state index in [1.165, 1.54) is 12.1 Å². The topological polar surface area (TPSA) is 41.3 Å². The first-order valence-electron chi connectivity index (χ1n) is 6.88. The van der Waals surface area contributed by atoms with Crippen LogP contribution in [-0.4, -0.2) is 36.1 Å². The number of halogens is 1. The second-order valence-corrected chi connectivity index (χ2v) is 5.06. The van der Waals surface area contributed by atoms with Crippen LogP contribution in [-0.2, 0) is 6.54 Å². The molecule has 5 heteroatoms. The lowest BCUT2D eigenvalue weighted by atomic mass is 10.2. The van der Waals surface area contributed by atoms with E-state index in [4.69, 9.17) is 4.42 Å². The number of rotatable bonds is 3. The van der Waals surface area contributed by atoms with Gasteiger partial charge in [-0.2, -0.15) is 0 Å². The van der Waals surface area contributed by atoms with Crippen LogP contribution in [0.5, 0.6) is 0 Å². The van der Waals surface area contributed by atoms with E-state index in [1.54, 1.807) is 6.07 Å². The van der Waals surface area contributed by atoms with Gasteiger partial charge in [-0.15, -0.1) is 0 Å². The number of hydrogen-bond acceptors (Lipinski definition) is 4. The quantitative estimate of drug-likeness (QED) is 0.932. The maximum absolute atomic E-state index is 13.2. The van der Waals surface area contributed by atoms with Crippen LogP contribution in [0, 0.1) is 12.7 Å². The van der Waals surface area contributed by atoms with E-state index in [0.717, 1.165) is 44.2 Å². The summed E-state index contributed by atoms with van der Waals surface area (Å²) >= 11 is 0. The summed E-state index contributed by atoms with van der Waals surface area (Å²) in [4.78, 5) is 6.86. The van der Waals surface area contributed by atoms with Crippen molar-refractivity contribution in [2.75, 3.05) is 26.2 Å². The first kappa shape index (κ1) is 13.3. The Kier molecular flexibility index (Phi) is 3.80. The van der Waals surface area contributed by atoms with Crippen molar-refractivity contribution >= 4 is 0 Å². The number of piperazine rings is 1. The third-order valence-corrected chi connectivity index (χ3v) is 3.55. The van der Waals surface area contributed by atoms with Gasteiger partial charge in [0.05, 0.1) is 5.69 Å². The Morgan fingerprint density at radius 2 is 2.15 bits per heavy atom. The molecule has 2 aromatic rings. The summed E-state index contributed by atoms with van der Waals surface area (Å²) in [6.45, 7) is 6.74. The maximum atomic E-state index is 13.2. The zero-order chi connectivity index (χ0) is 13.9. The number of aryl methyl sites for hydroxylation is 1. The summed E-state index contributed by atoms with van der Waals surface area (Å²) < 4.78 is 18.9. The molecule has 1 aliphatic heterocycles. The highest BCUT2D eigenvalue weighted by Gasteiger charge is 2.16. The average molecular weight is 275 g/mol. The molecule has 0 bridgehead atoms. The van der Waals surface area contributed by atoms with Gasteiger partial charge in [0.2, 0.25) is 5.89 Å². The Labute approximate surface area is 117 Å². The van der Waals surface area contributed by atoms with E-state index < -0.39 is 0 Å². The zero-order valence-corrected chi connectivity index (χ0v) is 11.5. The van der Waals surface area contributed by atoms with Gasteiger partial charge < -0.3 is 9.73 Å². The van der Waals surface area contributed by atoms with Gasteiger partial charge in [0, 0.05) is 38.3 Å². The Bertz CT molecular complexity index is 591. The smallest absolute Gasteiger partial charge is 0.226 e. The highest BCUT2D eigenvalue weighted by molar-refractivity contribution is 5.53. The van der Waals surface area contributed by atoms with Crippen LogP contribution in [0.3, 0.4) is 0 Å². The van der Waals surface area contributed by atoms with E-state index in [0.29, 0.717) is 11.5 Å². The van der Waals surface area contributed by atoms with Crippen LogP contribution in [0.15, 0.2) is 28.7 Å². The van der Waals surface area contributed by atoms with Crippen molar-refractivity contribution < 1.29 is 8.81 Å². The van der Waals surface area contributed by atoms with Gasteiger partial charge in [-0.1, -0.05) is 6.07 Å². The Balaban J connectivity index is 1.80. The molecule has 2 heterocycles. The van der Waals surface area contributed by atoms with Crippen LogP contribution in [0.2, 0.25) is 0 Å². The summed E-state index contributed by atoms with van der Waals surface area (Å²) in [6, 6.07) is 6.34. The maximum Gasteiger partial charge on any atom is 0.226 e. The monoisotopic (exact) mass is 275 g/mol. The normalized spacial score (nSPS) is 16.5. The number of aromatic nitrogens is 1. The average Bonchev–Trinajstić information content (AvgIpc) is 2.81. The number of oxazole rings is 1. The predicted octanol–water partition coefficient (Wildman–Crippen LogP) is 2.19. The molecule has 1 aromatic heterocycles. The SMILES string of the molecule is Cc1oc(-c2cccc(F)c2)nc1CN1CCNCC1. The lowest BCUT2D eigenvalue weighted by molar-refractivity contribution is 0.230. The van der Waals surface area contributed by atoms with E-state index in [9.17, 15) is 4.39 Å². The fourth-order valence-electron chi connectivity index (χ4n) is 2.40. The molecule has 4 nitrogen and oxygen atoms in total. The molecule has 1 fully saturated rings. The Morgan fingerprint density at radius 3 is 2.90 bits per heavy atom. The minimum atomic E-state index is -0.276. The molecule has 0 amide bonds. The summed E-state index contributed by atoms with van der Waals surface area (Å²) in [7, 11) is 0. The standard InChI is InChI=1S/C15H18FN3O/c1-11-14(10-19-7-5-17-6-8-19)18-15(20-11)12-3-2-4-13(16)9-12/h2-4,9,17H,5-8,10H2,1H3. The van der Waals surface area contributed by atoms with Crippen molar-refractivity contribution in [2.45, 2.75) is 13.5 Å². The molecule has 1 aliphatic rings. The molecular weight excluding hydrogens is 257 g/mol. The minimum Gasteiger partial charge on any atom is -0.441 e. The van der Waals surface area contributed by atoms with E-state index in [2.05, 4.69) is 15.2 Å². The second kappa shape index (κ2) is 5.73. The van der Waals surface area contributed by atoms with E-state index >= 15 is 0 Å². The number of nitrogens with one attached hydrogen (secondary N) is 1. The van der Waals surface area contributed by atoms with Gasteiger partial charge in [0.15, 0.2) is 0 Å². The first-order valence-corrected chi connectivity index (χ1v) is 6.88. The van der Waals surface area contributed by atoms with Gasteiger partial charge in [0.25, 0.3) is 0 Å². The van der Waals surface area contributed by atoms with E-state index in [-0.39, 0.29) is 5.82 Å². The Hall–Kier alpha value is -1.72. The molecule has 1 N–H and O–H groups in total. The minimum absolute atomic E-state index is 0.276. The number of hydrogen-bond donors (Lipinski definition) is 1. The zero-order valence-electron chi connectivity index (χ0n) is 11.5. The first-order chi connectivity index (χ1) is 9.72. The molecular formula is C15H18FN3O. The Morgan fingerprint density at radius 1 is 1.35 bits per heavy atom. The molecule has 1 saturated heterocycles. The van der Waals surface area contributed by atoms with Crippen molar-refractivity contribution in [1.29, 1.82) is 0 Å². The van der Waals surface area contributed by atoms with Gasteiger partial charge >= 0.3 is 0 Å². The molecule has 0 saturated carbocycles. The lowest BCUT2D eigenvalue weighted by Gasteiger charge is -2.26. The molecule has 0 aliphatic carbocycles. The van der Waals surface area contributed by atoms with Crippen molar-refractivity contribution in [3.63, 3.8) is 0 Å². The van der Waals surface area contributed by atoms with Crippen LogP contribution in [0.1, 0.15) is 11.5 Å². The highest BCUT2D eigenvalue weighted by Crippen LogP contribution is 2.23. The molecule has 106 valence electrons. The summed E-state index contributed by atoms with van der Waals surface area (Å²) in [5.41, 5.74) is 1.62. The molecule has 0 atom stereocenters. The van der Waals surface area contributed by atoms with Crippen molar-refractivity contribution in [1.82, 2.24) is 15.2 Å². The highest BCUT2D eigenvalue weighted by atomic mass is 19.1. The molecule has 3 rings (SSSR count). The molecule has 0 unspecified atom stereocenters. The third kappa shape index (κ3) is 2.89. The number of benzene rings is 1. The molecule has 1 aromatic carbocycles.